The highest BCUT2D eigenvalue weighted by Gasteiger charge is 2.24. The summed E-state index contributed by atoms with van der Waals surface area (Å²) in [5, 5.41) is 5.66. The Morgan fingerprint density at radius 1 is 1.11 bits per heavy atom. The Hall–Kier alpha value is -3.48. The normalized spacial score (nSPS) is 11.8. The van der Waals surface area contributed by atoms with E-state index in [0.29, 0.717) is 11.5 Å². The standard InChI is InChI=1S/C21H23N5O2/c1-15(2)20(25-19(27)12-16-6-4-3-5-7-16)21(28)24-17-8-9-18(23-13-17)26-11-10-22-14-26/h3-11,13-15,20H,12H2,1-2H3,(H,24,28)(H,25,27). The van der Waals surface area contributed by atoms with E-state index >= 15 is 0 Å². The minimum Gasteiger partial charge on any atom is -0.344 e. The number of nitrogens with zero attached hydrogens (tertiary/aromatic N) is 3. The zero-order valence-electron chi connectivity index (χ0n) is 15.9. The molecule has 3 aromatic rings. The molecule has 0 aliphatic heterocycles. The van der Waals surface area contributed by atoms with Gasteiger partial charge >= 0.3 is 0 Å². The first-order chi connectivity index (χ1) is 13.5. The lowest BCUT2D eigenvalue weighted by Gasteiger charge is -2.21. The van der Waals surface area contributed by atoms with E-state index in [-0.39, 0.29) is 24.2 Å². The minimum absolute atomic E-state index is 0.0575. The average molecular weight is 377 g/mol. The minimum atomic E-state index is -0.635. The number of aromatic nitrogens is 3. The molecule has 0 saturated heterocycles. The predicted molar refractivity (Wildman–Crippen MR) is 107 cm³/mol. The number of anilines is 1. The van der Waals surface area contributed by atoms with Crippen LogP contribution in [-0.4, -0.2) is 32.4 Å². The highest BCUT2D eigenvalue weighted by Crippen LogP contribution is 2.12. The van der Waals surface area contributed by atoms with E-state index in [2.05, 4.69) is 20.6 Å². The number of amides is 2. The Bertz CT molecular complexity index is 906. The Kier molecular flexibility index (Phi) is 6.16. The van der Waals surface area contributed by atoms with Crippen LogP contribution in [0.5, 0.6) is 0 Å². The SMILES string of the molecule is CC(C)C(NC(=O)Cc1ccccc1)C(=O)Nc1ccc(-n2ccnc2)nc1. The molecule has 2 amide bonds. The van der Waals surface area contributed by atoms with Crippen LogP contribution in [0.1, 0.15) is 19.4 Å². The first kappa shape index (κ1) is 19.3. The molecule has 1 aromatic carbocycles. The molecular weight excluding hydrogens is 354 g/mol. The summed E-state index contributed by atoms with van der Waals surface area (Å²) >= 11 is 0. The molecule has 3 rings (SSSR count). The zero-order chi connectivity index (χ0) is 19.9. The molecule has 1 unspecified atom stereocenters. The summed E-state index contributed by atoms with van der Waals surface area (Å²) in [5.41, 5.74) is 1.47. The smallest absolute Gasteiger partial charge is 0.247 e. The highest BCUT2D eigenvalue weighted by molar-refractivity contribution is 5.97. The van der Waals surface area contributed by atoms with Gasteiger partial charge in [-0.3, -0.25) is 14.2 Å². The second kappa shape index (κ2) is 8.94. The summed E-state index contributed by atoms with van der Waals surface area (Å²) in [7, 11) is 0. The quantitative estimate of drug-likeness (QED) is 0.662. The number of nitrogens with one attached hydrogen (secondary N) is 2. The summed E-state index contributed by atoms with van der Waals surface area (Å²) in [6.07, 6.45) is 6.92. The Balaban J connectivity index is 1.62. The number of pyridine rings is 1. The molecule has 0 spiro atoms. The Morgan fingerprint density at radius 2 is 1.89 bits per heavy atom. The molecule has 0 aliphatic carbocycles. The lowest BCUT2D eigenvalue weighted by atomic mass is 10.0. The summed E-state index contributed by atoms with van der Waals surface area (Å²) < 4.78 is 1.77. The molecule has 2 aromatic heterocycles. The van der Waals surface area contributed by atoms with Gasteiger partial charge in [-0.15, -0.1) is 0 Å². The van der Waals surface area contributed by atoms with E-state index in [4.69, 9.17) is 0 Å². The summed E-state index contributed by atoms with van der Waals surface area (Å²) in [5.74, 6) is 0.187. The van der Waals surface area contributed by atoms with Gasteiger partial charge in [0.15, 0.2) is 0 Å². The first-order valence-corrected chi connectivity index (χ1v) is 9.11. The largest absolute Gasteiger partial charge is 0.344 e. The van der Waals surface area contributed by atoms with Crippen molar-refractivity contribution < 1.29 is 9.59 Å². The first-order valence-electron chi connectivity index (χ1n) is 9.11. The van der Waals surface area contributed by atoms with Crippen LogP contribution in [0.25, 0.3) is 5.82 Å². The van der Waals surface area contributed by atoms with Gasteiger partial charge in [-0.05, 0) is 23.6 Å². The summed E-state index contributed by atoms with van der Waals surface area (Å²) in [4.78, 5) is 33.3. The van der Waals surface area contributed by atoms with Crippen molar-refractivity contribution >= 4 is 17.5 Å². The van der Waals surface area contributed by atoms with Crippen molar-refractivity contribution in [3.05, 3.63) is 72.9 Å². The maximum atomic E-state index is 12.7. The van der Waals surface area contributed by atoms with Gasteiger partial charge in [0.1, 0.15) is 18.2 Å². The molecular formula is C21H23N5O2. The van der Waals surface area contributed by atoms with Gasteiger partial charge in [0.25, 0.3) is 0 Å². The topological polar surface area (TPSA) is 88.9 Å². The van der Waals surface area contributed by atoms with Gasteiger partial charge in [-0.2, -0.15) is 0 Å². The fraction of sp³-hybridized carbons (Fsp3) is 0.238. The molecule has 7 heteroatoms. The second-order valence-electron chi connectivity index (χ2n) is 6.82. The van der Waals surface area contributed by atoms with Crippen molar-refractivity contribution in [2.75, 3.05) is 5.32 Å². The third-order valence-electron chi connectivity index (χ3n) is 4.26. The molecule has 2 heterocycles. The molecule has 0 fully saturated rings. The van der Waals surface area contributed by atoms with Crippen molar-refractivity contribution in [1.82, 2.24) is 19.9 Å². The molecule has 0 aliphatic rings. The van der Waals surface area contributed by atoms with Crippen molar-refractivity contribution in [2.24, 2.45) is 5.92 Å². The van der Waals surface area contributed by atoms with Gasteiger partial charge in [-0.1, -0.05) is 44.2 Å². The fourth-order valence-electron chi connectivity index (χ4n) is 2.77. The van der Waals surface area contributed by atoms with Crippen LogP contribution in [0.2, 0.25) is 0 Å². The van der Waals surface area contributed by atoms with Gasteiger partial charge < -0.3 is 10.6 Å². The average Bonchev–Trinajstić information content (AvgIpc) is 3.22. The van der Waals surface area contributed by atoms with Crippen LogP contribution < -0.4 is 10.6 Å². The molecule has 0 saturated carbocycles. The fourth-order valence-corrected chi connectivity index (χ4v) is 2.77. The molecule has 7 nitrogen and oxygen atoms in total. The van der Waals surface area contributed by atoms with Crippen LogP contribution in [-0.2, 0) is 16.0 Å². The van der Waals surface area contributed by atoms with Crippen LogP contribution in [0, 0.1) is 5.92 Å². The van der Waals surface area contributed by atoms with E-state index in [0.717, 1.165) is 5.56 Å². The van der Waals surface area contributed by atoms with Gasteiger partial charge in [0.05, 0.1) is 18.3 Å². The number of benzene rings is 1. The Labute approximate surface area is 163 Å². The van der Waals surface area contributed by atoms with Gasteiger partial charge in [-0.25, -0.2) is 9.97 Å². The van der Waals surface area contributed by atoms with Crippen LogP contribution in [0.4, 0.5) is 5.69 Å². The Morgan fingerprint density at radius 3 is 2.50 bits per heavy atom. The molecule has 2 N–H and O–H groups in total. The maximum Gasteiger partial charge on any atom is 0.247 e. The lowest BCUT2D eigenvalue weighted by molar-refractivity contribution is -0.127. The van der Waals surface area contributed by atoms with E-state index < -0.39 is 6.04 Å². The number of carbonyl (C=O) groups is 2. The number of imidazole rings is 1. The van der Waals surface area contributed by atoms with Gasteiger partial charge in [0, 0.05) is 12.4 Å². The van der Waals surface area contributed by atoms with Crippen molar-refractivity contribution in [2.45, 2.75) is 26.3 Å². The zero-order valence-corrected chi connectivity index (χ0v) is 15.9. The van der Waals surface area contributed by atoms with Crippen LogP contribution in [0.15, 0.2) is 67.4 Å². The molecule has 28 heavy (non-hydrogen) atoms. The molecule has 0 radical (unpaired) electrons. The second-order valence-corrected chi connectivity index (χ2v) is 6.82. The number of rotatable bonds is 7. The number of hydrogen-bond acceptors (Lipinski definition) is 4. The third kappa shape index (κ3) is 5.03. The molecule has 1 atom stereocenters. The van der Waals surface area contributed by atoms with E-state index in [1.807, 2.05) is 44.2 Å². The molecule has 144 valence electrons. The maximum absolute atomic E-state index is 12.7. The highest BCUT2D eigenvalue weighted by atomic mass is 16.2. The summed E-state index contributed by atoms with van der Waals surface area (Å²) in [6, 6.07) is 12.4. The monoisotopic (exact) mass is 377 g/mol. The number of hydrogen-bond donors (Lipinski definition) is 2. The van der Waals surface area contributed by atoms with E-state index in [9.17, 15) is 9.59 Å². The van der Waals surface area contributed by atoms with Crippen molar-refractivity contribution in [3.8, 4) is 5.82 Å². The third-order valence-corrected chi connectivity index (χ3v) is 4.26. The number of carbonyl (C=O) groups excluding carboxylic acids is 2. The van der Waals surface area contributed by atoms with Crippen molar-refractivity contribution in [1.29, 1.82) is 0 Å². The van der Waals surface area contributed by atoms with E-state index in [1.54, 1.807) is 41.6 Å². The predicted octanol–water partition coefficient (Wildman–Crippen LogP) is 2.59. The lowest BCUT2D eigenvalue weighted by Crippen LogP contribution is -2.47. The van der Waals surface area contributed by atoms with Gasteiger partial charge in [0.2, 0.25) is 11.8 Å². The van der Waals surface area contributed by atoms with Crippen LogP contribution in [0.3, 0.4) is 0 Å². The van der Waals surface area contributed by atoms with Crippen molar-refractivity contribution in [3.63, 3.8) is 0 Å². The summed E-state index contributed by atoms with van der Waals surface area (Å²) in [6.45, 7) is 3.79. The molecule has 0 bridgehead atoms. The van der Waals surface area contributed by atoms with E-state index in [1.165, 1.54) is 0 Å². The van der Waals surface area contributed by atoms with Crippen LogP contribution >= 0.6 is 0 Å².